The molecule has 5 rings (SSSR count). The maximum Gasteiger partial charge on any atom is 0.199 e. The molecule has 6 nitrogen and oxygen atoms in total. The van der Waals surface area contributed by atoms with Crippen molar-refractivity contribution >= 4 is 0 Å². The van der Waals surface area contributed by atoms with Crippen molar-refractivity contribution in [2.45, 2.75) is 76.7 Å². The number of rotatable bonds is 6. The third kappa shape index (κ3) is 7.38. The van der Waals surface area contributed by atoms with E-state index in [0.29, 0.717) is 11.5 Å². The van der Waals surface area contributed by atoms with Crippen molar-refractivity contribution in [1.82, 2.24) is 0 Å². The lowest BCUT2D eigenvalue weighted by Crippen LogP contribution is -2.26. The van der Waals surface area contributed by atoms with Crippen LogP contribution >= 0.6 is 0 Å². The van der Waals surface area contributed by atoms with Gasteiger partial charge in [0.15, 0.2) is 18.9 Å². The molecule has 3 atom stereocenters. The molecular formula is C29H34O6. The third-order valence-corrected chi connectivity index (χ3v) is 6.30. The van der Waals surface area contributed by atoms with Crippen LogP contribution in [0.5, 0.6) is 17.2 Å². The van der Waals surface area contributed by atoms with E-state index in [2.05, 4.69) is 11.8 Å². The van der Waals surface area contributed by atoms with Crippen LogP contribution in [0.3, 0.4) is 0 Å². The molecule has 3 aliphatic rings. The molecule has 0 amide bonds. The van der Waals surface area contributed by atoms with Crippen molar-refractivity contribution in [2.75, 3.05) is 19.8 Å². The largest absolute Gasteiger partial charge is 0.465 e. The predicted molar refractivity (Wildman–Crippen MR) is 132 cm³/mol. The van der Waals surface area contributed by atoms with E-state index in [-0.39, 0.29) is 18.9 Å². The van der Waals surface area contributed by atoms with Crippen molar-refractivity contribution in [2.24, 2.45) is 0 Å². The van der Waals surface area contributed by atoms with Gasteiger partial charge in [0, 0.05) is 36.5 Å². The van der Waals surface area contributed by atoms with Crippen molar-refractivity contribution in [3.05, 3.63) is 53.6 Å². The van der Waals surface area contributed by atoms with Gasteiger partial charge >= 0.3 is 0 Å². The van der Waals surface area contributed by atoms with Crippen LogP contribution in [-0.4, -0.2) is 38.7 Å². The van der Waals surface area contributed by atoms with E-state index in [9.17, 15) is 0 Å². The van der Waals surface area contributed by atoms with E-state index < -0.39 is 0 Å². The highest BCUT2D eigenvalue weighted by atomic mass is 16.7. The number of benzene rings is 2. The fourth-order valence-electron chi connectivity index (χ4n) is 4.41. The minimum atomic E-state index is -0.230. The Morgan fingerprint density at radius 1 is 0.514 bits per heavy atom. The first kappa shape index (κ1) is 24.0. The van der Waals surface area contributed by atoms with E-state index in [0.717, 1.165) is 94.5 Å². The number of hydrogen-bond donors (Lipinski definition) is 0. The summed E-state index contributed by atoms with van der Waals surface area (Å²) >= 11 is 0. The summed E-state index contributed by atoms with van der Waals surface area (Å²) < 4.78 is 35.4. The Morgan fingerprint density at radius 3 is 1.43 bits per heavy atom. The summed E-state index contributed by atoms with van der Waals surface area (Å²) in [4.78, 5) is 0. The van der Waals surface area contributed by atoms with E-state index in [1.165, 1.54) is 0 Å². The Balaban J connectivity index is 1.29. The Morgan fingerprint density at radius 2 is 0.971 bits per heavy atom. The molecule has 3 aliphatic heterocycles. The molecule has 3 heterocycles. The summed E-state index contributed by atoms with van der Waals surface area (Å²) in [5, 5.41) is 0. The summed E-state index contributed by atoms with van der Waals surface area (Å²) in [7, 11) is 0. The zero-order valence-corrected chi connectivity index (χ0v) is 20.2. The maximum absolute atomic E-state index is 6.13. The van der Waals surface area contributed by atoms with Crippen molar-refractivity contribution in [1.29, 1.82) is 0 Å². The van der Waals surface area contributed by atoms with E-state index in [1.54, 1.807) is 0 Å². The molecule has 3 unspecified atom stereocenters. The standard InChI is InChI=1S/C29H34O6/c1-4-16-30-27(7-1)33-24-14-12-22(13-15-24)10-11-23-19-25(34-28-8-2-5-17-31-28)21-26(20-23)35-29-9-3-6-18-32-29/h12-15,19-21,27-29H,1-9,16-18H2. The average molecular weight is 479 g/mol. The van der Waals surface area contributed by atoms with Crippen LogP contribution in [0.15, 0.2) is 42.5 Å². The minimum Gasteiger partial charge on any atom is -0.465 e. The number of ether oxygens (including phenoxy) is 6. The van der Waals surface area contributed by atoms with Gasteiger partial charge in [0.2, 0.25) is 0 Å². The molecule has 3 saturated heterocycles. The van der Waals surface area contributed by atoms with Crippen molar-refractivity contribution < 1.29 is 28.4 Å². The predicted octanol–water partition coefficient (Wildman–Crippen LogP) is 5.80. The monoisotopic (exact) mass is 478 g/mol. The van der Waals surface area contributed by atoms with E-state index >= 15 is 0 Å². The smallest absolute Gasteiger partial charge is 0.199 e. The van der Waals surface area contributed by atoms with Gasteiger partial charge in [-0.15, -0.1) is 0 Å². The maximum atomic E-state index is 6.13. The summed E-state index contributed by atoms with van der Waals surface area (Å²) in [5.41, 5.74) is 1.72. The lowest BCUT2D eigenvalue weighted by atomic mass is 10.1. The Hall–Kier alpha value is -2.72. The topological polar surface area (TPSA) is 55.4 Å². The molecule has 2 aromatic rings. The average Bonchev–Trinajstić information content (AvgIpc) is 2.90. The van der Waals surface area contributed by atoms with E-state index in [4.69, 9.17) is 28.4 Å². The SMILES string of the molecule is C(#Cc1cc(OC2CCCCO2)cc(OC2CCCCO2)c1)c1ccc(OC2CCCCO2)cc1. The van der Waals surface area contributed by atoms with Gasteiger partial charge in [0.25, 0.3) is 0 Å². The van der Waals surface area contributed by atoms with E-state index in [1.807, 2.05) is 42.5 Å². The lowest BCUT2D eigenvalue weighted by Gasteiger charge is -2.25. The lowest BCUT2D eigenvalue weighted by molar-refractivity contribution is -0.109. The molecule has 6 heteroatoms. The fourth-order valence-corrected chi connectivity index (χ4v) is 4.41. The van der Waals surface area contributed by atoms with Crippen LogP contribution in [-0.2, 0) is 14.2 Å². The molecule has 0 spiro atoms. The van der Waals surface area contributed by atoms with Crippen molar-refractivity contribution in [3.8, 4) is 29.1 Å². The Labute approximate surface area is 207 Å². The summed E-state index contributed by atoms with van der Waals surface area (Å²) in [5.74, 6) is 8.70. The molecule has 3 fully saturated rings. The minimum absolute atomic E-state index is 0.150. The van der Waals surface area contributed by atoms with Gasteiger partial charge in [-0.3, -0.25) is 0 Å². The first-order chi connectivity index (χ1) is 17.3. The van der Waals surface area contributed by atoms with Crippen LogP contribution in [0.2, 0.25) is 0 Å². The van der Waals surface area contributed by atoms with Crippen LogP contribution in [0.4, 0.5) is 0 Å². The Kier molecular flexibility index (Phi) is 8.44. The molecular weight excluding hydrogens is 444 g/mol. The van der Waals surface area contributed by atoms with Gasteiger partial charge in [-0.2, -0.15) is 0 Å². The highest BCUT2D eigenvalue weighted by Gasteiger charge is 2.19. The second kappa shape index (κ2) is 12.3. The molecule has 2 aromatic carbocycles. The van der Waals surface area contributed by atoms with Gasteiger partial charge in [-0.1, -0.05) is 11.8 Å². The number of hydrogen-bond acceptors (Lipinski definition) is 6. The summed E-state index contributed by atoms with van der Waals surface area (Å²) in [6.45, 7) is 2.23. The molecule has 0 aliphatic carbocycles. The first-order valence-electron chi connectivity index (χ1n) is 12.9. The van der Waals surface area contributed by atoms with Gasteiger partial charge < -0.3 is 28.4 Å². The van der Waals surface area contributed by atoms with Crippen molar-refractivity contribution in [3.63, 3.8) is 0 Å². The van der Waals surface area contributed by atoms with Crippen LogP contribution in [0.25, 0.3) is 0 Å². The highest BCUT2D eigenvalue weighted by Crippen LogP contribution is 2.28. The zero-order valence-electron chi connectivity index (χ0n) is 20.2. The van der Waals surface area contributed by atoms with Crippen LogP contribution in [0, 0.1) is 11.8 Å². The second-order valence-electron chi connectivity index (χ2n) is 9.21. The van der Waals surface area contributed by atoms with Gasteiger partial charge in [-0.05, 0) is 74.9 Å². The normalized spacial score (nSPS) is 24.6. The summed E-state index contributed by atoms with van der Waals surface area (Å²) in [6, 6.07) is 13.6. The molecule has 186 valence electrons. The first-order valence-corrected chi connectivity index (χ1v) is 12.9. The molecule has 0 N–H and O–H groups in total. The van der Waals surface area contributed by atoms with Gasteiger partial charge in [-0.25, -0.2) is 0 Å². The molecule has 0 bridgehead atoms. The second-order valence-corrected chi connectivity index (χ2v) is 9.21. The Bertz CT molecular complexity index is 952. The quantitative estimate of drug-likeness (QED) is 0.489. The summed E-state index contributed by atoms with van der Waals surface area (Å²) in [6.07, 6.45) is 8.72. The van der Waals surface area contributed by atoms with Gasteiger partial charge in [0.1, 0.15) is 17.2 Å². The molecule has 0 saturated carbocycles. The molecule has 35 heavy (non-hydrogen) atoms. The fraction of sp³-hybridized carbons (Fsp3) is 0.517. The van der Waals surface area contributed by atoms with Crippen LogP contribution in [0.1, 0.15) is 68.9 Å². The highest BCUT2D eigenvalue weighted by molar-refractivity contribution is 5.49. The molecule has 0 radical (unpaired) electrons. The van der Waals surface area contributed by atoms with Crippen LogP contribution < -0.4 is 14.2 Å². The van der Waals surface area contributed by atoms with Gasteiger partial charge in [0.05, 0.1) is 19.8 Å². The molecule has 0 aromatic heterocycles. The zero-order chi connectivity index (χ0) is 23.7. The third-order valence-electron chi connectivity index (χ3n) is 6.30.